The topological polar surface area (TPSA) is 57.8 Å². The third-order valence-electron chi connectivity index (χ3n) is 2.17. The summed E-state index contributed by atoms with van der Waals surface area (Å²) < 4.78 is 13.3. The first kappa shape index (κ1) is 11.8. The fourth-order valence-corrected chi connectivity index (χ4v) is 1.68. The average Bonchev–Trinajstić information content (AvgIpc) is 2.31. The maximum absolute atomic E-state index is 12.9. The number of aromatic nitrogens is 2. The van der Waals surface area contributed by atoms with E-state index in [2.05, 4.69) is 31.4 Å². The van der Waals surface area contributed by atoms with Gasteiger partial charge in [0.2, 0.25) is 0 Å². The van der Waals surface area contributed by atoms with Gasteiger partial charge in [-0.25, -0.2) is 9.49 Å². The van der Waals surface area contributed by atoms with Crippen LogP contribution >= 0.6 is 15.9 Å². The number of rotatable bonds is 3. The summed E-state index contributed by atoms with van der Waals surface area (Å²) in [5.74, 6) is -0.285. The Kier molecular flexibility index (Phi) is 3.53. The standard InChI is InChI=1S/C11H9BrFN3O/c12-10-9(6-15-16-11(10)17)14-5-7-2-1-3-8(13)4-7/h1-4,6H,5H2,(H2,14,16,17). The second-order valence-corrected chi connectivity index (χ2v) is 4.20. The van der Waals surface area contributed by atoms with Gasteiger partial charge in [0.05, 0.1) is 11.9 Å². The van der Waals surface area contributed by atoms with Crippen molar-refractivity contribution in [3.63, 3.8) is 0 Å². The van der Waals surface area contributed by atoms with E-state index in [0.29, 0.717) is 16.7 Å². The molecule has 0 unspecified atom stereocenters. The van der Waals surface area contributed by atoms with Crippen LogP contribution in [-0.4, -0.2) is 10.2 Å². The van der Waals surface area contributed by atoms with E-state index >= 15 is 0 Å². The van der Waals surface area contributed by atoms with Crippen LogP contribution in [0.25, 0.3) is 0 Å². The highest BCUT2D eigenvalue weighted by molar-refractivity contribution is 9.10. The first-order valence-corrected chi connectivity index (χ1v) is 5.67. The molecule has 0 radical (unpaired) electrons. The minimum Gasteiger partial charge on any atom is -0.379 e. The Morgan fingerprint density at radius 3 is 3.06 bits per heavy atom. The number of benzene rings is 1. The van der Waals surface area contributed by atoms with Gasteiger partial charge in [-0.05, 0) is 33.6 Å². The molecule has 0 amide bonds. The molecule has 17 heavy (non-hydrogen) atoms. The maximum Gasteiger partial charge on any atom is 0.280 e. The van der Waals surface area contributed by atoms with Crippen molar-refractivity contribution in [3.05, 3.63) is 56.7 Å². The van der Waals surface area contributed by atoms with Crippen LogP contribution in [0, 0.1) is 5.82 Å². The van der Waals surface area contributed by atoms with Gasteiger partial charge in [-0.2, -0.15) is 5.10 Å². The van der Waals surface area contributed by atoms with E-state index < -0.39 is 0 Å². The lowest BCUT2D eigenvalue weighted by Gasteiger charge is -2.07. The molecule has 1 aromatic carbocycles. The number of hydrogen-bond donors (Lipinski definition) is 2. The molecule has 0 fully saturated rings. The molecular weight excluding hydrogens is 289 g/mol. The van der Waals surface area contributed by atoms with Gasteiger partial charge >= 0.3 is 0 Å². The van der Waals surface area contributed by atoms with Crippen LogP contribution < -0.4 is 10.9 Å². The van der Waals surface area contributed by atoms with E-state index in [4.69, 9.17) is 0 Å². The Morgan fingerprint density at radius 2 is 2.29 bits per heavy atom. The first-order chi connectivity index (χ1) is 8.16. The summed E-state index contributed by atoms with van der Waals surface area (Å²) in [5.41, 5.74) is 1.05. The van der Waals surface area contributed by atoms with E-state index in [0.717, 1.165) is 5.56 Å². The Balaban J connectivity index is 2.13. The molecule has 6 heteroatoms. The molecule has 0 aliphatic rings. The molecule has 88 valence electrons. The molecule has 0 aliphatic heterocycles. The Hall–Kier alpha value is -1.69. The number of anilines is 1. The first-order valence-electron chi connectivity index (χ1n) is 4.88. The van der Waals surface area contributed by atoms with Crippen LogP contribution in [0.15, 0.2) is 39.7 Å². The van der Waals surface area contributed by atoms with Gasteiger partial charge < -0.3 is 5.32 Å². The Bertz CT molecular complexity index is 585. The zero-order chi connectivity index (χ0) is 12.3. The smallest absolute Gasteiger partial charge is 0.280 e. The molecule has 0 spiro atoms. The normalized spacial score (nSPS) is 10.2. The molecule has 0 saturated heterocycles. The van der Waals surface area contributed by atoms with Gasteiger partial charge in [-0.3, -0.25) is 4.79 Å². The largest absolute Gasteiger partial charge is 0.379 e. The van der Waals surface area contributed by atoms with E-state index in [-0.39, 0.29) is 11.4 Å². The summed E-state index contributed by atoms with van der Waals surface area (Å²) in [7, 11) is 0. The molecule has 1 heterocycles. The number of aromatic amines is 1. The van der Waals surface area contributed by atoms with Crippen molar-refractivity contribution in [2.24, 2.45) is 0 Å². The van der Waals surface area contributed by atoms with Crippen molar-refractivity contribution in [1.29, 1.82) is 0 Å². The lowest BCUT2D eigenvalue weighted by Crippen LogP contribution is -2.12. The van der Waals surface area contributed by atoms with Crippen molar-refractivity contribution in [3.8, 4) is 0 Å². The zero-order valence-electron chi connectivity index (χ0n) is 8.71. The van der Waals surface area contributed by atoms with Crippen LogP contribution in [0.5, 0.6) is 0 Å². The number of nitrogens with one attached hydrogen (secondary N) is 2. The second-order valence-electron chi connectivity index (χ2n) is 3.41. The molecule has 2 rings (SSSR count). The van der Waals surface area contributed by atoms with Crippen molar-refractivity contribution >= 4 is 21.6 Å². The summed E-state index contributed by atoms with van der Waals surface area (Å²) in [6.45, 7) is 0.418. The van der Waals surface area contributed by atoms with Crippen LogP contribution in [0.2, 0.25) is 0 Å². The van der Waals surface area contributed by atoms with E-state index in [1.807, 2.05) is 0 Å². The van der Waals surface area contributed by atoms with Gasteiger partial charge in [0, 0.05) is 6.54 Å². The molecule has 2 aromatic rings. The van der Waals surface area contributed by atoms with Gasteiger partial charge in [-0.15, -0.1) is 0 Å². The van der Waals surface area contributed by atoms with Crippen LogP contribution in [-0.2, 0) is 6.54 Å². The second kappa shape index (κ2) is 5.09. The molecular formula is C11H9BrFN3O. The fraction of sp³-hybridized carbons (Fsp3) is 0.0909. The lowest BCUT2D eigenvalue weighted by atomic mass is 10.2. The summed E-state index contributed by atoms with van der Waals surface area (Å²) >= 11 is 3.15. The zero-order valence-corrected chi connectivity index (χ0v) is 10.3. The lowest BCUT2D eigenvalue weighted by molar-refractivity contribution is 0.626. The molecule has 2 N–H and O–H groups in total. The SMILES string of the molecule is O=c1[nH]ncc(NCc2cccc(F)c2)c1Br. The molecule has 0 saturated carbocycles. The highest BCUT2D eigenvalue weighted by Crippen LogP contribution is 2.16. The maximum atomic E-state index is 12.9. The minimum atomic E-state index is -0.311. The molecule has 4 nitrogen and oxygen atoms in total. The Labute approximate surface area is 105 Å². The van der Waals surface area contributed by atoms with E-state index in [9.17, 15) is 9.18 Å². The Morgan fingerprint density at radius 1 is 1.47 bits per heavy atom. The van der Waals surface area contributed by atoms with Gasteiger partial charge in [0.15, 0.2) is 0 Å². The summed E-state index contributed by atoms with van der Waals surface area (Å²) in [4.78, 5) is 11.2. The van der Waals surface area contributed by atoms with Gasteiger partial charge in [0.1, 0.15) is 10.3 Å². The van der Waals surface area contributed by atoms with E-state index in [1.54, 1.807) is 12.1 Å². The quantitative estimate of drug-likeness (QED) is 0.914. The number of hydrogen-bond acceptors (Lipinski definition) is 3. The predicted molar refractivity (Wildman–Crippen MR) is 66.3 cm³/mol. The molecule has 0 bridgehead atoms. The van der Waals surface area contributed by atoms with Gasteiger partial charge in [0.25, 0.3) is 5.56 Å². The van der Waals surface area contributed by atoms with Crippen LogP contribution in [0.4, 0.5) is 10.1 Å². The van der Waals surface area contributed by atoms with Crippen molar-refractivity contribution in [2.45, 2.75) is 6.54 Å². The van der Waals surface area contributed by atoms with E-state index in [1.165, 1.54) is 18.3 Å². The monoisotopic (exact) mass is 297 g/mol. The highest BCUT2D eigenvalue weighted by atomic mass is 79.9. The number of nitrogens with zero attached hydrogens (tertiary/aromatic N) is 1. The third kappa shape index (κ3) is 2.91. The number of halogens is 2. The summed E-state index contributed by atoms with van der Waals surface area (Å²) in [6, 6.07) is 6.25. The molecule has 0 atom stereocenters. The van der Waals surface area contributed by atoms with Crippen molar-refractivity contribution in [2.75, 3.05) is 5.32 Å². The molecule has 0 aliphatic carbocycles. The third-order valence-corrected chi connectivity index (χ3v) is 2.95. The minimum absolute atomic E-state index is 0.285. The fourth-order valence-electron chi connectivity index (χ4n) is 1.35. The average molecular weight is 298 g/mol. The van der Waals surface area contributed by atoms with Gasteiger partial charge in [-0.1, -0.05) is 12.1 Å². The highest BCUT2D eigenvalue weighted by Gasteiger charge is 2.03. The number of H-pyrrole nitrogens is 1. The summed E-state index contributed by atoms with van der Waals surface area (Å²) in [5, 5.41) is 8.97. The predicted octanol–water partition coefficient (Wildman–Crippen LogP) is 2.28. The summed E-state index contributed by atoms with van der Waals surface area (Å²) in [6.07, 6.45) is 1.49. The van der Waals surface area contributed by atoms with Crippen LogP contribution in [0.3, 0.4) is 0 Å². The van der Waals surface area contributed by atoms with Crippen molar-refractivity contribution in [1.82, 2.24) is 10.2 Å². The van der Waals surface area contributed by atoms with Crippen LogP contribution in [0.1, 0.15) is 5.56 Å². The molecule has 1 aromatic heterocycles. The van der Waals surface area contributed by atoms with Crippen molar-refractivity contribution < 1.29 is 4.39 Å².